The lowest BCUT2D eigenvalue weighted by molar-refractivity contribution is -0.0923. The number of urea groups is 1. The van der Waals surface area contributed by atoms with E-state index in [1.54, 1.807) is 0 Å². The Hall–Kier alpha value is -2.90. The molecular formula is C28H33N5O2. The molecule has 3 atom stereocenters. The smallest absolute Gasteiger partial charge is 0.320 e. The fourth-order valence-corrected chi connectivity index (χ4v) is 6.55. The summed E-state index contributed by atoms with van der Waals surface area (Å²) < 4.78 is 5.84. The van der Waals surface area contributed by atoms with Gasteiger partial charge in [0.25, 0.3) is 0 Å². The van der Waals surface area contributed by atoms with Crippen LogP contribution in [0.15, 0.2) is 30.6 Å². The highest BCUT2D eigenvalue weighted by Gasteiger charge is 2.40. The van der Waals surface area contributed by atoms with Gasteiger partial charge in [-0.25, -0.2) is 9.78 Å². The van der Waals surface area contributed by atoms with E-state index in [1.807, 2.05) is 12.4 Å². The van der Waals surface area contributed by atoms with Crippen molar-refractivity contribution in [3.8, 4) is 11.1 Å². The van der Waals surface area contributed by atoms with Gasteiger partial charge in [-0.3, -0.25) is 0 Å². The molecule has 5 aliphatic rings. The van der Waals surface area contributed by atoms with Crippen molar-refractivity contribution in [3.63, 3.8) is 0 Å². The van der Waals surface area contributed by atoms with Gasteiger partial charge in [0.05, 0.1) is 18.8 Å². The first kappa shape index (κ1) is 21.4. The molecule has 2 aromatic heterocycles. The quantitative estimate of drug-likeness (QED) is 0.584. The molecule has 4 fully saturated rings. The molecule has 7 nitrogen and oxygen atoms in total. The summed E-state index contributed by atoms with van der Waals surface area (Å²) in [5, 5.41) is 4.89. The molecule has 2 N–H and O–H groups in total. The van der Waals surface area contributed by atoms with Gasteiger partial charge in [-0.15, -0.1) is 0 Å². The predicted molar refractivity (Wildman–Crippen MR) is 135 cm³/mol. The van der Waals surface area contributed by atoms with Gasteiger partial charge in [-0.2, -0.15) is 0 Å². The maximum atomic E-state index is 13.6. The van der Waals surface area contributed by atoms with Gasteiger partial charge in [0.1, 0.15) is 5.65 Å². The van der Waals surface area contributed by atoms with Crippen molar-refractivity contribution in [2.45, 2.75) is 63.8 Å². The highest BCUT2D eigenvalue weighted by molar-refractivity contribution is 5.84. The first-order valence-electron chi connectivity index (χ1n) is 13.1. The van der Waals surface area contributed by atoms with Crippen LogP contribution in [0, 0.1) is 6.92 Å². The number of nitrogens with one attached hydrogen (secondary N) is 2. The van der Waals surface area contributed by atoms with Crippen molar-refractivity contribution in [2.24, 2.45) is 0 Å². The summed E-state index contributed by atoms with van der Waals surface area (Å²) in [6.07, 6.45) is 9.61. The molecule has 1 aromatic carbocycles. The Kier molecular flexibility index (Phi) is 5.10. The zero-order valence-corrected chi connectivity index (χ0v) is 20.3. The van der Waals surface area contributed by atoms with Gasteiger partial charge >= 0.3 is 6.03 Å². The van der Waals surface area contributed by atoms with E-state index in [2.05, 4.69) is 50.2 Å². The molecule has 7 heterocycles. The molecule has 0 aliphatic carbocycles. The Labute approximate surface area is 205 Å². The largest absolute Gasteiger partial charge is 0.374 e. The van der Waals surface area contributed by atoms with Crippen LogP contribution in [-0.2, 0) is 17.7 Å². The van der Waals surface area contributed by atoms with Crippen LogP contribution in [0.3, 0.4) is 0 Å². The van der Waals surface area contributed by atoms with Crippen LogP contribution >= 0.6 is 0 Å². The van der Waals surface area contributed by atoms with E-state index in [0.29, 0.717) is 19.2 Å². The molecule has 2 amide bonds. The molecule has 7 heteroatoms. The van der Waals surface area contributed by atoms with E-state index < -0.39 is 0 Å². The zero-order valence-electron chi connectivity index (χ0n) is 20.3. The number of fused-ring (bicyclic) bond motifs is 5. The molecule has 8 rings (SSSR count). The number of piperidine rings is 1. The number of amides is 2. The number of carbonyl (C=O) groups excluding carboxylic acids is 1. The van der Waals surface area contributed by atoms with E-state index in [9.17, 15) is 4.79 Å². The topological polar surface area (TPSA) is 73.5 Å². The highest BCUT2D eigenvalue weighted by Crippen LogP contribution is 2.37. The molecule has 2 bridgehead atoms. The second-order valence-electron chi connectivity index (χ2n) is 10.7. The number of ether oxygens (including phenoxy) is 1. The second-order valence-corrected chi connectivity index (χ2v) is 10.7. The van der Waals surface area contributed by atoms with Crippen molar-refractivity contribution >= 4 is 17.1 Å². The number of carbonyl (C=O) groups is 1. The molecule has 0 radical (unpaired) electrons. The van der Waals surface area contributed by atoms with Crippen molar-refractivity contribution in [1.29, 1.82) is 0 Å². The summed E-state index contributed by atoms with van der Waals surface area (Å²) in [5.41, 5.74) is 8.63. The van der Waals surface area contributed by atoms with Gasteiger partial charge in [0, 0.05) is 49.0 Å². The fourth-order valence-electron chi connectivity index (χ4n) is 6.55. The van der Waals surface area contributed by atoms with Gasteiger partial charge < -0.3 is 24.8 Å². The minimum Gasteiger partial charge on any atom is -0.374 e. The number of hydrogen-bond donors (Lipinski definition) is 2. The average Bonchev–Trinajstić information content (AvgIpc) is 3.58. The molecule has 182 valence electrons. The SMILES string of the molecule is Cc1c[nH]c2ncc(-c3cc4c(c([C@@H]5CCCN5)c3)CN(C(=O)N3CC5CCC3CO5)CC4)cc12. The Balaban J connectivity index is 1.24. The molecule has 0 saturated carbocycles. The predicted octanol–water partition coefficient (Wildman–Crippen LogP) is 4.30. The number of benzene rings is 1. The lowest BCUT2D eigenvalue weighted by atomic mass is 9.87. The fraction of sp³-hybridized carbons (Fsp3) is 0.500. The first-order chi connectivity index (χ1) is 17.1. The summed E-state index contributed by atoms with van der Waals surface area (Å²) in [7, 11) is 0. The van der Waals surface area contributed by atoms with Gasteiger partial charge in [0.15, 0.2) is 0 Å². The number of aromatic nitrogens is 2. The average molecular weight is 472 g/mol. The minimum absolute atomic E-state index is 0.195. The third-order valence-corrected chi connectivity index (χ3v) is 8.59. The Morgan fingerprint density at radius 1 is 1.17 bits per heavy atom. The summed E-state index contributed by atoms with van der Waals surface area (Å²) in [6, 6.07) is 7.75. The minimum atomic E-state index is 0.195. The molecule has 5 aliphatic heterocycles. The molecule has 0 spiro atoms. The molecule has 4 saturated heterocycles. The molecular weight excluding hydrogens is 438 g/mol. The summed E-state index contributed by atoms with van der Waals surface area (Å²) >= 11 is 0. The first-order valence-corrected chi connectivity index (χ1v) is 13.1. The normalized spacial score (nSPS) is 25.9. The van der Waals surface area contributed by atoms with Gasteiger partial charge in [-0.1, -0.05) is 6.07 Å². The number of rotatable bonds is 2. The third-order valence-electron chi connectivity index (χ3n) is 8.59. The standard InChI is InChI=1S/C28H33N5O2/c1-17-12-30-27-23(17)11-20(13-31-27)19-9-18-6-8-32(15-25(18)24(10-19)26-3-2-7-29-26)28(34)33-14-22-5-4-21(33)16-35-22/h9-13,21-22,26,29H,2-8,14-16H2,1H3,(H,30,31)/t21?,22?,26-/m0/s1. The van der Waals surface area contributed by atoms with Crippen LogP contribution in [-0.4, -0.2) is 64.2 Å². The maximum absolute atomic E-state index is 13.6. The number of H-pyrrole nitrogens is 1. The van der Waals surface area contributed by atoms with E-state index in [-0.39, 0.29) is 18.2 Å². The number of nitrogens with zero attached hydrogens (tertiary/aromatic N) is 3. The number of morpholine rings is 1. The van der Waals surface area contributed by atoms with E-state index >= 15 is 0 Å². The Bertz CT molecular complexity index is 1290. The third kappa shape index (κ3) is 3.64. The van der Waals surface area contributed by atoms with Crippen LogP contribution in [0.4, 0.5) is 4.79 Å². The van der Waals surface area contributed by atoms with Crippen LogP contribution < -0.4 is 5.32 Å². The zero-order chi connectivity index (χ0) is 23.5. The summed E-state index contributed by atoms with van der Waals surface area (Å²) in [4.78, 5) is 25.7. The summed E-state index contributed by atoms with van der Waals surface area (Å²) in [5.74, 6) is 0. The molecule has 3 aromatic rings. The van der Waals surface area contributed by atoms with Gasteiger partial charge in [-0.05, 0) is 85.5 Å². The summed E-state index contributed by atoms with van der Waals surface area (Å²) in [6.45, 7) is 6.09. The van der Waals surface area contributed by atoms with Gasteiger partial charge in [0.2, 0.25) is 0 Å². The monoisotopic (exact) mass is 471 g/mol. The molecule has 2 unspecified atom stereocenters. The van der Waals surface area contributed by atoms with E-state index in [0.717, 1.165) is 56.5 Å². The van der Waals surface area contributed by atoms with Crippen LogP contribution in [0.2, 0.25) is 0 Å². The lowest BCUT2D eigenvalue weighted by Gasteiger charge is -2.47. The van der Waals surface area contributed by atoms with Crippen molar-refractivity contribution < 1.29 is 9.53 Å². The Morgan fingerprint density at radius 2 is 2.11 bits per heavy atom. The number of aromatic amines is 1. The van der Waals surface area contributed by atoms with E-state index in [1.165, 1.54) is 39.6 Å². The molecule has 35 heavy (non-hydrogen) atoms. The van der Waals surface area contributed by atoms with Crippen LogP contribution in [0.25, 0.3) is 22.2 Å². The van der Waals surface area contributed by atoms with Crippen LogP contribution in [0.5, 0.6) is 0 Å². The highest BCUT2D eigenvalue weighted by atomic mass is 16.5. The van der Waals surface area contributed by atoms with E-state index in [4.69, 9.17) is 4.74 Å². The number of hydrogen-bond acceptors (Lipinski definition) is 4. The number of aryl methyl sites for hydroxylation is 1. The lowest BCUT2D eigenvalue weighted by Crippen LogP contribution is -2.60. The number of pyridine rings is 1. The Morgan fingerprint density at radius 3 is 2.89 bits per heavy atom. The van der Waals surface area contributed by atoms with Crippen LogP contribution in [0.1, 0.15) is 54.0 Å². The van der Waals surface area contributed by atoms with Crippen molar-refractivity contribution in [1.82, 2.24) is 25.1 Å². The maximum Gasteiger partial charge on any atom is 0.320 e. The second kappa shape index (κ2) is 8.35. The van der Waals surface area contributed by atoms with Crippen molar-refractivity contribution in [2.75, 3.05) is 26.2 Å². The van der Waals surface area contributed by atoms with Crippen molar-refractivity contribution in [3.05, 3.63) is 52.8 Å².